The Balaban J connectivity index is 2.39. The lowest BCUT2D eigenvalue weighted by atomic mass is 10.0. The highest BCUT2D eigenvalue weighted by Gasteiger charge is 2.41. The second-order valence-corrected chi connectivity index (χ2v) is 5.07. The molecule has 0 spiro atoms. The minimum absolute atomic E-state index is 0.154. The third kappa shape index (κ3) is 2.23. The molecule has 1 heterocycles. The molecule has 5 heteroatoms. The summed E-state index contributed by atoms with van der Waals surface area (Å²) in [5, 5.41) is 0. The van der Waals surface area contributed by atoms with E-state index in [2.05, 4.69) is 0 Å². The van der Waals surface area contributed by atoms with Gasteiger partial charge in [-0.3, -0.25) is 19.3 Å². The smallest absolute Gasteiger partial charge is 0.262 e. The van der Waals surface area contributed by atoms with Gasteiger partial charge in [0, 0.05) is 0 Å². The fourth-order valence-corrected chi connectivity index (χ4v) is 2.29. The molecule has 3 amide bonds. The lowest BCUT2D eigenvalue weighted by molar-refractivity contribution is -0.122. The monoisotopic (exact) mass is 260 g/mol. The molecule has 0 radical (unpaired) electrons. The molecule has 19 heavy (non-hydrogen) atoms. The molecule has 1 aromatic carbocycles. The van der Waals surface area contributed by atoms with Crippen molar-refractivity contribution in [2.45, 2.75) is 26.3 Å². The Hall–Kier alpha value is -2.17. The molecule has 0 aliphatic carbocycles. The van der Waals surface area contributed by atoms with Gasteiger partial charge in [-0.1, -0.05) is 26.0 Å². The Bertz CT molecular complexity index is 516. The molecule has 1 aromatic rings. The standard InChI is InChI=1S/C14H16N2O3/c1-8(2)7-11(12(15)17)16-13(18)9-5-3-4-6-10(9)14(16)19/h3-6,8,11H,7H2,1-2H3,(H2,15,17)/t11-/m0/s1. The summed E-state index contributed by atoms with van der Waals surface area (Å²) in [6, 6.07) is 5.67. The van der Waals surface area contributed by atoms with Gasteiger partial charge in [-0.2, -0.15) is 0 Å². The number of rotatable bonds is 4. The predicted molar refractivity (Wildman–Crippen MR) is 69.4 cm³/mol. The Kier molecular flexibility index (Phi) is 3.38. The fraction of sp³-hybridized carbons (Fsp3) is 0.357. The van der Waals surface area contributed by atoms with Crippen LogP contribution in [0, 0.1) is 5.92 Å². The van der Waals surface area contributed by atoms with Crippen LogP contribution in [0.3, 0.4) is 0 Å². The first-order valence-corrected chi connectivity index (χ1v) is 6.19. The summed E-state index contributed by atoms with van der Waals surface area (Å²) in [4.78, 5) is 37.0. The lowest BCUT2D eigenvalue weighted by Gasteiger charge is -2.24. The molecule has 5 nitrogen and oxygen atoms in total. The molecule has 2 N–H and O–H groups in total. The van der Waals surface area contributed by atoms with Crippen LogP contribution in [0.15, 0.2) is 24.3 Å². The van der Waals surface area contributed by atoms with Crippen molar-refractivity contribution >= 4 is 17.7 Å². The van der Waals surface area contributed by atoms with Gasteiger partial charge in [0.1, 0.15) is 6.04 Å². The van der Waals surface area contributed by atoms with Gasteiger partial charge in [-0.05, 0) is 24.5 Å². The van der Waals surface area contributed by atoms with Crippen LogP contribution >= 0.6 is 0 Å². The fourth-order valence-electron chi connectivity index (χ4n) is 2.29. The second-order valence-electron chi connectivity index (χ2n) is 5.07. The Morgan fingerprint density at radius 2 is 1.63 bits per heavy atom. The van der Waals surface area contributed by atoms with Crippen LogP contribution in [-0.2, 0) is 4.79 Å². The molecule has 100 valence electrons. The number of benzene rings is 1. The van der Waals surface area contributed by atoms with E-state index in [0.29, 0.717) is 17.5 Å². The number of amides is 3. The van der Waals surface area contributed by atoms with Crippen molar-refractivity contribution in [3.05, 3.63) is 35.4 Å². The number of hydrogen-bond donors (Lipinski definition) is 1. The van der Waals surface area contributed by atoms with Crippen molar-refractivity contribution in [2.75, 3.05) is 0 Å². The van der Waals surface area contributed by atoms with E-state index >= 15 is 0 Å². The van der Waals surface area contributed by atoms with Gasteiger partial charge in [-0.15, -0.1) is 0 Å². The lowest BCUT2D eigenvalue weighted by Crippen LogP contribution is -2.48. The zero-order valence-corrected chi connectivity index (χ0v) is 10.9. The number of fused-ring (bicyclic) bond motifs is 1. The SMILES string of the molecule is CC(C)C[C@@H](C(N)=O)N1C(=O)c2ccccc2C1=O. The van der Waals surface area contributed by atoms with Crippen molar-refractivity contribution < 1.29 is 14.4 Å². The summed E-state index contributed by atoms with van der Waals surface area (Å²) in [6.45, 7) is 3.82. The van der Waals surface area contributed by atoms with Gasteiger partial charge < -0.3 is 5.73 Å². The molecule has 0 fully saturated rings. The number of carbonyl (C=O) groups is 3. The van der Waals surface area contributed by atoms with Crippen LogP contribution in [0.4, 0.5) is 0 Å². The highest BCUT2D eigenvalue weighted by atomic mass is 16.2. The van der Waals surface area contributed by atoms with Crippen molar-refractivity contribution in [3.63, 3.8) is 0 Å². The number of primary amides is 1. The normalized spacial score (nSPS) is 15.8. The molecule has 0 aromatic heterocycles. The molecule has 0 bridgehead atoms. The maximum atomic E-state index is 12.2. The van der Waals surface area contributed by atoms with Gasteiger partial charge >= 0.3 is 0 Å². The van der Waals surface area contributed by atoms with E-state index < -0.39 is 23.8 Å². The second kappa shape index (κ2) is 4.84. The van der Waals surface area contributed by atoms with Gasteiger partial charge in [-0.25, -0.2) is 0 Å². The Labute approximate surface area is 111 Å². The van der Waals surface area contributed by atoms with Crippen LogP contribution in [-0.4, -0.2) is 28.7 Å². The van der Waals surface area contributed by atoms with Crippen molar-refractivity contribution in [2.24, 2.45) is 11.7 Å². The molecular weight excluding hydrogens is 244 g/mol. The molecular formula is C14H16N2O3. The molecule has 0 saturated heterocycles. The van der Waals surface area contributed by atoms with Gasteiger partial charge in [0.05, 0.1) is 11.1 Å². The predicted octanol–water partition coefficient (Wildman–Crippen LogP) is 1.18. The third-order valence-electron chi connectivity index (χ3n) is 3.16. The third-order valence-corrected chi connectivity index (χ3v) is 3.16. The highest BCUT2D eigenvalue weighted by Crippen LogP contribution is 2.26. The number of imide groups is 1. The van der Waals surface area contributed by atoms with E-state index in [1.165, 1.54) is 0 Å². The first-order valence-electron chi connectivity index (χ1n) is 6.19. The van der Waals surface area contributed by atoms with Crippen molar-refractivity contribution in [3.8, 4) is 0 Å². The molecule has 1 atom stereocenters. The average Bonchev–Trinajstić information content (AvgIpc) is 2.60. The van der Waals surface area contributed by atoms with E-state index in [4.69, 9.17) is 5.73 Å². The van der Waals surface area contributed by atoms with Gasteiger partial charge in [0.15, 0.2) is 0 Å². The molecule has 0 saturated carbocycles. The van der Waals surface area contributed by atoms with Crippen LogP contribution in [0.2, 0.25) is 0 Å². The minimum Gasteiger partial charge on any atom is -0.368 e. The maximum absolute atomic E-state index is 12.2. The van der Waals surface area contributed by atoms with Crippen LogP contribution < -0.4 is 5.73 Å². The van der Waals surface area contributed by atoms with E-state index in [1.807, 2.05) is 13.8 Å². The number of hydrogen-bond acceptors (Lipinski definition) is 3. The summed E-state index contributed by atoms with van der Waals surface area (Å²) in [7, 11) is 0. The van der Waals surface area contributed by atoms with Crippen LogP contribution in [0.5, 0.6) is 0 Å². The zero-order valence-electron chi connectivity index (χ0n) is 10.9. The van der Waals surface area contributed by atoms with E-state index in [9.17, 15) is 14.4 Å². The van der Waals surface area contributed by atoms with Crippen molar-refractivity contribution in [1.82, 2.24) is 4.90 Å². The number of nitrogens with zero attached hydrogens (tertiary/aromatic N) is 1. The van der Waals surface area contributed by atoms with E-state index in [1.54, 1.807) is 24.3 Å². The maximum Gasteiger partial charge on any atom is 0.262 e. The first-order chi connectivity index (χ1) is 8.93. The highest BCUT2D eigenvalue weighted by molar-refractivity contribution is 6.22. The summed E-state index contributed by atoms with van der Waals surface area (Å²) in [5.74, 6) is -1.37. The van der Waals surface area contributed by atoms with E-state index in [0.717, 1.165) is 4.90 Å². The topological polar surface area (TPSA) is 80.5 Å². The minimum atomic E-state index is -0.882. The summed E-state index contributed by atoms with van der Waals surface area (Å²) in [6.07, 6.45) is 0.376. The molecule has 1 aliphatic heterocycles. The quantitative estimate of drug-likeness (QED) is 0.825. The van der Waals surface area contributed by atoms with Crippen LogP contribution in [0.1, 0.15) is 41.0 Å². The average molecular weight is 260 g/mol. The molecule has 2 rings (SSSR count). The zero-order chi connectivity index (χ0) is 14.2. The van der Waals surface area contributed by atoms with Crippen molar-refractivity contribution in [1.29, 1.82) is 0 Å². The van der Waals surface area contributed by atoms with Gasteiger partial charge in [0.25, 0.3) is 11.8 Å². The van der Waals surface area contributed by atoms with E-state index in [-0.39, 0.29) is 5.92 Å². The molecule has 1 aliphatic rings. The number of nitrogens with two attached hydrogens (primary N) is 1. The number of carbonyl (C=O) groups excluding carboxylic acids is 3. The Morgan fingerprint density at radius 3 is 2.00 bits per heavy atom. The summed E-state index contributed by atoms with van der Waals surface area (Å²) in [5.41, 5.74) is 6.01. The largest absolute Gasteiger partial charge is 0.368 e. The summed E-state index contributed by atoms with van der Waals surface area (Å²) < 4.78 is 0. The summed E-state index contributed by atoms with van der Waals surface area (Å²) >= 11 is 0. The van der Waals surface area contributed by atoms with Gasteiger partial charge in [0.2, 0.25) is 5.91 Å². The van der Waals surface area contributed by atoms with Crippen LogP contribution in [0.25, 0.3) is 0 Å². The Morgan fingerprint density at radius 1 is 1.16 bits per heavy atom. The first kappa shape index (κ1) is 13.3. The molecule has 0 unspecified atom stereocenters.